The highest BCUT2D eigenvalue weighted by Gasteiger charge is 2.07. The summed E-state index contributed by atoms with van der Waals surface area (Å²) in [5.41, 5.74) is 0.666. The molecule has 4 nitrogen and oxygen atoms in total. The molecule has 0 aliphatic heterocycles. The number of hydrogen-bond acceptors (Lipinski definition) is 5. The summed E-state index contributed by atoms with van der Waals surface area (Å²) in [5.74, 6) is 0. The lowest BCUT2D eigenvalue weighted by Gasteiger charge is -1.94. The summed E-state index contributed by atoms with van der Waals surface area (Å²) in [5, 5.41) is 21.8. The molecule has 2 aromatic heterocycles. The van der Waals surface area contributed by atoms with Gasteiger partial charge in [-0.1, -0.05) is 6.08 Å². The molecule has 0 fully saturated rings. The smallest absolute Gasteiger partial charge is 0.269 e. The van der Waals surface area contributed by atoms with Crippen molar-refractivity contribution >= 4 is 34.3 Å². The number of hydrogen-bond donors (Lipinski definition) is 0. The van der Waals surface area contributed by atoms with E-state index in [1.54, 1.807) is 12.2 Å². The zero-order valence-corrected chi connectivity index (χ0v) is 12.0. The maximum atomic E-state index is 12.3. The summed E-state index contributed by atoms with van der Waals surface area (Å²) in [4.78, 5) is 12.3. The van der Waals surface area contributed by atoms with Gasteiger partial charge in [-0.2, -0.15) is 21.9 Å². The van der Waals surface area contributed by atoms with Crippen LogP contribution < -0.4 is 14.8 Å². The molecule has 0 unspecified atom stereocenters. The third-order valence-corrected chi connectivity index (χ3v) is 4.33. The van der Waals surface area contributed by atoms with Crippen LogP contribution in [0, 0.1) is 22.7 Å². The van der Waals surface area contributed by atoms with Gasteiger partial charge >= 0.3 is 0 Å². The maximum Gasteiger partial charge on any atom is 0.269 e. The van der Waals surface area contributed by atoms with Gasteiger partial charge in [0.2, 0.25) is 0 Å². The number of allylic oxidation sites excluding steroid dienone is 1. The van der Waals surface area contributed by atoms with Gasteiger partial charge < -0.3 is 0 Å². The highest BCUT2D eigenvalue weighted by atomic mass is 32.1. The predicted octanol–water partition coefficient (Wildman–Crippen LogP) is 1.18. The molecule has 0 N–H and O–H groups in total. The molecule has 6 heteroatoms. The van der Waals surface area contributed by atoms with Crippen molar-refractivity contribution in [3.05, 3.63) is 54.6 Å². The van der Waals surface area contributed by atoms with Crippen molar-refractivity contribution in [2.24, 2.45) is 0 Å². The zero-order valence-electron chi connectivity index (χ0n) is 10.4. The first-order chi connectivity index (χ1) is 9.71. The number of thiophene rings is 1. The first-order valence-corrected chi connectivity index (χ1v) is 7.36. The van der Waals surface area contributed by atoms with E-state index in [1.807, 2.05) is 29.0 Å². The fraction of sp³-hybridized carbons (Fsp3) is 0.0714. The predicted molar refractivity (Wildman–Crippen MR) is 80.5 cm³/mol. The van der Waals surface area contributed by atoms with Crippen molar-refractivity contribution in [2.45, 2.75) is 6.54 Å². The second-order valence-corrected chi connectivity index (χ2v) is 5.59. The number of rotatable bonds is 3. The molecule has 2 aromatic rings. The van der Waals surface area contributed by atoms with Crippen LogP contribution in [-0.4, -0.2) is 4.57 Å². The van der Waals surface area contributed by atoms with E-state index in [0.29, 0.717) is 9.20 Å². The lowest BCUT2D eigenvalue weighted by atomic mass is 10.3. The van der Waals surface area contributed by atoms with Crippen LogP contribution in [0.4, 0.5) is 0 Å². The van der Waals surface area contributed by atoms with Gasteiger partial charge in [0.05, 0.1) is 4.53 Å². The molecule has 2 heterocycles. The van der Waals surface area contributed by atoms with E-state index in [-0.39, 0.29) is 17.7 Å². The number of nitriles is 2. The Morgan fingerprint density at radius 3 is 2.75 bits per heavy atom. The molecular formula is C14H9N3OS2. The first kappa shape index (κ1) is 14.0. The third-order valence-electron chi connectivity index (χ3n) is 2.50. The van der Waals surface area contributed by atoms with Crippen molar-refractivity contribution in [2.75, 3.05) is 0 Å². The number of nitrogens with zero attached hydrogens (tertiary/aromatic N) is 3. The van der Waals surface area contributed by atoms with Crippen LogP contribution in [0.5, 0.6) is 0 Å². The average molecular weight is 299 g/mol. The van der Waals surface area contributed by atoms with Gasteiger partial charge in [-0.05, 0) is 28.5 Å². The van der Waals surface area contributed by atoms with Crippen LogP contribution in [0.3, 0.4) is 0 Å². The molecule has 0 amide bonds. The highest BCUT2D eigenvalue weighted by molar-refractivity contribution is 7.08. The second-order valence-electron chi connectivity index (χ2n) is 3.78. The molecule has 0 radical (unpaired) electrons. The summed E-state index contributed by atoms with van der Waals surface area (Å²) in [7, 11) is 0. The average Bonchev–Trinajstić information content (AvgIpc) is 3.05. The monoisotopic (exact) mass is 299 g/mol. The minimum Gasteiger partial charge on any atom is -0.293 e. The van der Waals surface area contributed by atoms with Gasteiger partial charge in [0, 0.05) is 6.54 Å². The summed E-state index contributed by atoms with van der Waals surface area (Å²) in [6, 6.07) is 5.56. The van der Waals surface area contributed by atoms with E-state index >= 15 is 0 Å². The maximum absolute atomic E-state index is 12.3. The molecule has 0 aliphatic carbocycles. The summed E-state index contributed by atoms with van der Waals surface area (Å²) >= 11 is 2.69. The molecule has 20 heavy (non-hydrogen) atoms. The molecule has 0 saturated carbocycles. The van der Waals surface area contributed by atoms with E-state index in [1.165, 1.54) is 15.9 Å². The van der Waals surface area contributed by atoms with E-state index in [0.717, 1.165) is 16.9 Å². The lowest BCUT2D eigenvalue weighted by Crippen LogP contribution is -2.31. The van der Waals surface area contributed by atoms with E-state index in [4.69, 9.17) is 10.5 Å². The second kappa shape index (κ2) is 6.16. The standard InChI is InChI=1S/C14H9N3OS2/c1-2-4-17-13(18)12(6-10-3-5-19-9-10)20-14(17)11(7-15)8-16/h2-3,5-6,9H,1,4H2/b12-6-. The van der Waals surface area contributed by atoms with Gasteiger partial charge in [-0.15, -0.1) is 17.9 Å². The molecule has 0 spiro atoms. The quantitative estimate of drug-likeness (QED) is 0.799. The minimum atomic E-state index is -0.209. The first-order valence-electron chi connectivity index (χ1n) is 5.60. The summed E-state index contributed by atoms with van der Waals surface area (Å²) in [6.45, 7) is 3.87. The van der Waals surface area contributed by atoms with Crippen molar-refractivity contribution in [3.63, 3.8) is 0 Å². The molecule has 98 valence electrons. The van der Waals surface area contributed by atoms with Gasteiger partial charge in [-0.3, -0.25) is 9.36 Å². The molecule has 0 atom stereocenters. The Labute approximate surface area is 123 Å². The largest absolute Gasteiger partial charge is 0.293 e. The molecule has 0 bridgehead atoms. The van der Waals surface area contributed by atoms with Crippen molar-refractivity contribution < 1.29 is 0 Å². The van der Waals surface area contributed by atoms with Crippen LogP contribution in [0.15, 0.2) is 34.3 Å². The van der Waals surface area contributed by atoms with Crippen molar-refractivity contribution in [3.8, 4) is 12.1 Å². The highest BCUT2D eigenvalue weighted by Crippen LogP contribution is 2.05. The van der Waals surface area contributed by atoms with Crippen LogP contribution >= 0.6 is 22.7 Å². The Kier molecular flexibility index (Phi) is 4.31. The van der Waals surface area contributed by atoms with E-state index in [9.17, 15) is 4.79 Å². The minimum absolute atomic E-state index is 0.0566. The molecular weight excluding hydrogens is 290 g/mol. The Morgan fingerprint density at radius 2 is 2.20 bits per heavy atom. The summed E-state index contributed by atoms with van der Waals surface area (Å²) < 4.78 is 2.28. The van der Waals surface area contributed by atoms with Crippen LogP contribution in [-0.2, 0) is 6.54 Å². The molecule has 0 aromatic carbocycles. The fourth-order valence-corrected chi connectivity index (χ4v) is 3.31. The van der Waals surface area contributed by atoms with E-state index in [2.05, 4.69) is 6.58 Å². The lowest BCUT2D eigenvalue weighted by molar-refractivity contribution is 0.775. The molecule has 2 rings (SSSR count). The summed E-state index contributed by atoms with van der Waals surface area (Å²) in [6.07, 6.45) is 3.33. The molecule has 0 saturated heterocycles. The number of aromatic nitrogens is 1. The van der Waals surface area contributed by atoms with Gasteiger partial charge in [0.1, 0.15) is 16.8 Å². The Morgan fingerprint density at radius 1 is 1.45 bits per heavy atom. The number of thiazole rings is 1. The zero-order chi connectivity index (χ0) is 14.5. The van der Waals surface area contributed by atoms with Crippen LogP contribution in [0.2, 0.25) is 0 Å². The van der Waals surface area contributed by atoms with Gasteiger partial charge in [0.25, 0.3) is 5.56 Å². The van der Waals surface area contributed by atoms with Crippen LogP contribution in [0.1, 0.15) is 5.56 Å². The SMILES string of the molecule is C=CCn1c(=C(C#N)C#N)s/c(=C\c2ccsc2)c1=O. The van der Waals surface area contributed by atoms with Crippen molar-refractivity contribution in [1.82, 2.24) is 4.57 Å². The third kappa shape index (κ3) is 2.62. The fourth-order valence-electron chi connectivity index (χ4n) is 1.63. The van der Waals surface area contributed by atoms with Crippen molar-refractivity contribution in [1.29, 1.82) is 10.5 Å². The Balaban J connectivity index is 2.84. The van der Waals surface area contributed by atoms with Gasteiger partial charge in [0.15, 0.2) is 5.57 Å². The Hall–Kier alpha value is -2.41. The molecule has 0 aliphatic rings. The van der Waals surface area contributed by atoms with E-state index < -0.39 is 0 Å². The topological polar surface area (TPSA) is 69.6 Å². The van der Waals surface area contributed by atoms with Crippen LogP contribution in [0.25, 0.3) is 11.6 Å². The van der Waals surface area contributed by atoms with Gasteiger partial charge in [-0.25, -0.2) is 0 Å². The Bertz CT molecular complexity index is 870. The normalized spacial score (nSPS) is 10.8.